The van der Waals surface area contributed by atoms with Gasteiger partial charge < -0.3 is 9.84 Å². The zero-order valence-corrected chi connectivity index (χ0v) is 10.6. The minimum atomic E-state index is -2.47. The fourth-order valence-corrected chi connectivity index (χ4v) is 1.27. The maximum atomic E-state index is 12.2. The topological polar surface area (TPSA) is 49.8 Å². The second-order valence-corrected chi connectivity index (χ2v) is 4.75. The molecule has 0 spiro atoms. The number of ether oxygens (including phenoxy) is 1. The molecule has 0 fully saturated rings. The van der Waals surface area contributed by atoms with Gasteiger partial charge in [0.25, 0.3) is 6.43 Å². The Kier molecular flexibility index (Phi) is 7.22. The minimum Gasteiger partial charge on any atom is -0.460 e. The third-order valence-corrected chi connectivity index (χ3v) is 1.86. The van der Waals surface area contributed by atoms with Gasteiger partial charge in [0, 0.05) is 13.1 Å². The van der Waals surface area contributed by atoms with E-state index < -0.39 is 24.5 Å². The summed E-state index contributed by atoms with van der Waals surface area (Å²) in [6.07, 6.45) is -2.43. The number of carbonyl (C=O) groups excluding carboxylic acids is 1. The Balaban J connectivity index is 3.99. The Labute approximate surface area is 101 Å². The standard InChI is InChI=1S/C11H21F2NO3/c1-11(2,3)17-10(16)4-5-14(6-7-15)8-9(12)13/h9,15H,4-8H2,1-3H3. The summed E-state index contributed by atoms with van der Waals surface area (Å²) in [5, 5.41) is 8.70. The Bertz CT molecular complexity index is 229. The van der Waals surface area contributed by atoms with E-state index in [9.17, 15) is 13.6 Å². The van der Waals surface area contributed by atoms with Crippen LogP contribution in [0.1, 0.15) is 27.2 Å². The third-order valence-electron chi connectivity index (χ3n) is 1.86. The number of aliphatic hydroxyl groups excluding tert-OH is 1. The molecule has 0 aromatic carbocycles. The first-order chi connectivity index (χ1) is 7.74. The number of alkyl halides is 2. The maximum Gasteiger partial charge on any atom is 0.307 e. The monoisotopic (exact) mass is 253 g/mol. The molecule has 0 amide bonds. The lowest BCUT2D eigenvalue weighted by molar-refractivity contribution is -0.155. The molecule has 0 bridgehead atoms. The van der Waals surface area contributed by atoms with Crippen LogP contribution in [-0.4, -0.2) is 54.2 Å². The van der Waals surface area contributed by atoms with Gasteiger partial charge in [0.15, 0.2) is 0 Å². The highest BCUT2D eigenvalue weighted by Gasteiger charge is 2.18. The Morgan fingerprint density at radius 1 is 1.35 bits per heavy atom. The van der Waals surface area contributed by atoms with Crippen LogP contribution in [-0.2, 0) is 9.53 Å². The first-order valence-electron chi connectivity index (χ1n) is 5.58. The molecule has 6 heteroatoms. The summed E-state index contributed by atoms with van der Waals surface area (Å²) in [4.78, 5) is 12.7. The van der Waals surface area contributed by atoms with E-state index in [2.05, 4.69) is 0 Å². The second-order valence-electron chi connectivity index (χ2n) is 4.75. The molecular formula is C11H21F2NO3. The van der Waals surface area contributed by atoms with Crippen LogP contribution in [0.5, 0.6) is 0 Å². The normalized spacial score (nSPS) is 12.2. The predicted molar refractivity (Wildman–Crippen MR) is 60.0 cm³/mol. The average Bonchev–Trinajstić information content (AvgIpc) is 2.11. The van der Waals surface area contributed by atoms with Crippen LogP contribution in [0, 0.1) is 0 Å². The average molecular weight is 253 g/mol. The maximum absolute atomic E-state index is 12.2. The fraction of sp³-hybridized carbons (Fsp3) is 0.909. The molecule has 17 heavy (non-hydrogen) atoms. The van der Waals surface area contributed by atoms with Gasteiger partial charge in [-0.2, -0.15) is 0 Å². The summed E-state index contributed by atoms with van der Waals surface area (Å²) >= 11 is 0. The minimum absolute atomic E-state index is 0.0456. The first kappa shape index (κ1) is 16.2. The van der Waals surface area contributed by atoms with Crippen molar-refractivity contribution in [3.05, 3.63) is 0 Å². The zero-order valence-electron chi connectivity index (χ0n) is 10.6. The van der Waals surface area contributed by atoms with Gasteiger partial charge in [0.05, 0.1) is 19.6 Å². The number of rotatable bonds is 7. The van der Waals surface area contributed by atoms with E-state index >= 15 is 0 Å². The van der Waals surface area contributed by atoms with E-state index in [0.717, 1.165) is 0 Å². The van der Waals surface area contributed by atoms with Crippen molar-refractivity contribution in [2.45, 2.75) is 39.2 Å². The molecule has 0 aliphatic heterocycles. The summed E-state index contributed by atoms with van der Waals surface area (Å²) in [6.45, 7) is 4.89. The number of hydrogen-bond donors (Lipinski definition) is 1. The van der Waals surface area contributed by atoms with Crippen molar-refractivity contribution in [1.82, 2.24) is 4.90 Å². The van der Waals surface area contributed by atoms with Gasteiger partial charge >= 0.3 is 5.97 Å². The van der Waals surface area contributed by atoms with Crippen LogP contribution in [0.3, 0.4) is 0 Å². The van der Waals surface area contributed by atoms with Crippen LogP contribution >= 0.6 is 0 Å². The SMILES string of the molecule is CC(C)(C)OC(=O)CCN(CCO)CC(F)F. The van der Waals surface area contributed by atoms with Crippen molar-refractivity contribution in [2.75, 3.05) is 26.2 Å². The second kappa shape index (κ2) is 7.55. The summed E-state index contributed by atoms with van der Waals surface area (Å²) in [5.74, 6) is -0.422. The highest BCUT2D eigenvalue weighted by Crippen LogP contribution is 2.09. The molecule has 0 rings (SSSR count). The van der Waals surface area contributed by atoms with E-state index in [1.807, 2.05) is 0 Å². The van der Waals surface area contributed by atoms with E-state index in [0.29, 0.717) is 0 Å². The van der Waals surface area contributed by atoms with E-state index in [-0.39, 0.29) is 26.1 Å². The highest BCUT2D eigenvalue weighted by molar-refractivity contribution is 5.70. The van der Waals surface area contributed by atoms with Crippen LogP contribution in [0.15, 0.2) is 0 Å². The summed E-state index contributed by atoms with van der Waals surface area (Å²) in [6, 6.07) is 0. The van der Waals surface area contributed by atoms with Crippen molar-refractivity contribution >= 4 is 5.97 Å². The van der Waals surface area contributed by atoms with Gasteiger partial charge in [0.2, 0.25) is 0 Å². The molecule has 0 heterocycles. The molecule has 0 aliphatic rings. The van der Waals surface area contributed by atoms with Gasteiger partial charge in [-0.25, -0.2) is 8.78 Å². The number of nitrogens with zero attached hydrogens (tertiary/aromatic N) is 1. The molecule has 0 aromatic rings. The lowest BCUT2D eigenvalue weighted by atomic mass is 10.2. The van der Waals surface area contributed by atoms with Crippen molar-refractivity contribution in [2.24, 2.45) is 0 Å². The van der Waals surface area contributed by atoms with Gasteiger partial charge in [-0.1, -0.05) is 0 Å². The molecule has 0 saturated carbocycles. The molecule has 0 aromatic heterocycles. The number of aliphatic hydroxyl groups is 1. The largest absolute Gasteiger partial charge is 0.460 e. The van der Waals surface area contributed by atoms with E-state index in [4.69, 9.17) is 9.84 Å². The number of esters is 1. The van der Waals surface area contributed by atoms with Crippen LogP contribution in [0.25, 0.3) is 0 Å². The highest BCUT2D eigenvalue weighted by atomic mass is 19.3. The van der Waals surface area contributed by atoms with Crippen molar-refractivity contribution in [3.8, 4) is 0 Å². The molecular weight excluding hydrogens is 232 g/mol. The van der Waals surface area contributed by atoms with Gasteiger partial charge in [-0.05, 0) is 20.8 Å². The summed E-state index contributed by atoms with van der Waals surface area (Å²) in [5.41, 5.74) is -0.568. The van der Waals surface area contributed by atoms with Crippen LogP contribution in [0.4, 0.5) is 8.78 Å². The summed E-state index contributed by atoms with van der Waals surface area (Å²) in [7, 11) is 0. The smallest absolute Gasteiger partial charge is 0.307 e. The fourth-order valence-electron chi connectivity index (χ4n) is 1.27. The van der Waals surface area contributed by atoms with Crippen LogP contribution < -0.4 is 0 Å². The summed E-state index contributed by atoms with van der Waals surface area (Å²) < 4.78 is 29.4. The quantitative estimate of drug-likeness (QED) is 0.694. The molecule has 4 nitrogen and oxygen atoms in total. The van der Waals surface area contributed by atoms with E-state index in [1.165, 1.54) is 4.90 Å². The van der Waals surface area contributed by atoms with Crippen molar-refractivity contribution in [3.63, 3.8) is 0 Å². The Hall–Kier alpha value is -0.750. The number of carbonyl (C=O) groups is 1. The first-order valence-corrected chi connectivity index (χ1v) is 5.58. The third kappa shape index (κ3) is 10.1. The molecule has 0 saturated heterocycles. The Morgan fingerprint density at radius 3 is 2.35 bits per heavy atom. The number of halogens is 2. The number of hydrogen-bond acceptors (Lipinski definition) is 4. The van der Waals surface area contributed by atoms with Gasteiger partial charge in [-0.3, -0.25) is 9.69 Å². The zero-order chi connectivity index (χ0) is 13.5. The molecule has 0 atom stereocenters. The van der Waals surface area contributed by atoms with E-state index in [1.54, 1.807) is 20.8 Å². The Morgan fingerprint density at radius 2 is 1.94 bits per heavy atom. The molecule has 102 valence electrons. The van der Waals surface area contributed by atoms with Crippen molar-refractivity contribution in [1.29, 1.82) is 0 Å². The molecule has 1 N–H and O–H groups in total. The lowest BCUT2D eigenvalue weighted by Gasteiger charge is -2.23. The predicted octanol–water partition coefficient (Wildman–Crippen LogP) is 1.28. The molecule has 0 unspecified atom stereocenters. The van der Waals surface area contributed by atoms with Gasteiger partial charge in [-0.15, -0.1) is 0 Å². The molecule has 0 radical (unpaired) electrons. The van der Waals surface area contributed by atoms with Crippen LogP contribution in [0.2, 0.25) is 0 Å². The molecule has 0 aliphatic carbocycles. The van der Waals surface area contributed by atoms with Gasteiger partial charge in [0.1, 0.15) is 5.60 Å². The van der Waals surface area contributed by atoms with Crippen molar-refractivity contribution < 1.29 is 23.4 Å². The lowest BCUT2D eigenvalue weighted by Crippen LogP contribution is -2.34.